The Bertz CT molecular complexity index is 3210. The molecule has 7 atom stereocenters. The number of methoxy groups -OCH3 is 2. The third kappa shape index (κ3) is 8.65. The third-order valence-electron chi connectivity index (χ3n) is 16.2. The molecule has 13 nitrogen and oxygen atoms in total. The number of imide groups is 1. The Morgan fingerprint density at radius 3 is 2.03 bits per heavy atom. The monoisotopic (exact) mass is 1000 g/mol. The van der Waals surface area contributed by atoms with E-state index in [1.165, 1.54) is 12.1 Å². The second-order valence-electron chi connectivity index (χ2n) is 20.5. The Balaban J connectivity index is 1.18. The summed E-state index contributed by atoms with van der Waals surface area (Å²) in [5, 5.41) is 25.9. The largest absolute Gasteiger partial charge is 0.508 e. The maximum atomic E-state index is 17.0. The summed E-state index contributed by atoms with van der Waals surface area (Å²) >= 11 is 0. The molecule has 2 saturated heterocycles. The van der Waals surface area contributed by atoms with Gasteiger partial charge in [-0.1, -0.05) is 128 Å². The van der Waals surface area contributed by atoms with Gasteiger partial charge in [-0.2, -0.15) is 0 Å². The standard InChI is InChI=1S/C62H60N4O9/c1-39(41-17-9-6-10-18-41)63-60(71)65-49-28-23-40(29-33-61(72)31-15-4-5-16-32-61)35-48(49)62(59(65)70)52(57(68)64-34-30-45-36-50(73-2)51(74-3)37-46(45)38-64)54-58(69)75-55(43-21-13-8-14-22-43)53(42-19-11-7-12-20-42)66(54)56(62)44-24-26-47(67)27-25-44/h6-14,17-28,35-37,39,52-56,67,72H,4-5,15-16,30-32,34,38H2,1-3H3,(H,63,71). The number of aromatic hydroxyl groups is 1. The molecule has 1 spiro atoms. The number of rotatable bonds is 8. The molecule has 11 rings (SSSR count). The molecule has 382 valence electrons. The summed E-state index contributed by atoms with van der Waals surface area (Å²) in [5.74, 6) is 4.08. The van der Waals surface area contributed by atoms with Gasteiger partial charge in [0.2, 0.25) is 11.8 Å². The smallest absolute Gasteiger partial charge is 0.329 e. The number of nitrogens with zero attached hydrogens (tertiary/aromatic N) is 3. The molecular weight excluding hydrogens is 945 g/mol. The molecule has 4 aliphatic heterocycles. The molecule has 13 heteroatoms. The minimum absolute atomic E-state index is 0.0307. The number of anilines is 1. The van der Waals surface area contributed by atoms with Crippen molar-refractivity contribution in [3.63, 3.8) is 0 Å². The number of hydrogen-bond donors (Lipinski definition) is 3. The second kappa shape index (κ2) is 20.1. The second-order valence-corrected chi connectivity index (χ2v) is 20.5. The van der Waals surface area contributed by atoms with Gasteiger partial charge in [-0.15, -0.1) is 0 Å². The molecular formula is C62H60N4O9. The highest BCUT2D eigenvalue weighted by Crippen LogP contribution is 2.66. The number of cyclic esters (lactones) is 1. The lowest BCUT2D eigenvalue weighted by Crippen LogP contribution is -2.57. The van der Waals surface area contributed by atoms with Crippen LogP contribution in [0.4, 0.5) is 10.5 Å². The number of carbonyl (C=O) groups excluding carboxylic acids is 4. The molecule has 0 bridgehead atoms. The van der Waals surface area contributed by atoms with Crippen molar-refractivity contribution in [1.29, 1.82) is 0 Å². The number of phenolic OH excluding ortho intramolecular Hbond substituents is 1. The fraction of sp³-hybridized carbons (Fsp3) is 0.323. The van der Waals surface area contributed by atoms with Crippen LogP contribution in [0.25, 0.3) is 0 Å². The van der Waals surface area contributed by atoms with Crippen LogP contribution in [0.15, 0.2) is 146 Å². The van der Waals surface area contributed by atoms with Gasteiger partial charge in [-0.3, -0.25) is 19.3 Å². The summed E-state index contributed by atoms with van der Waals surface area (Å²) in [5.41, 5.74) is 2.27. The number of urea groups is 1. The highest BCUT2D eigenvalue weighted by Gasteiger charge is 2.76. The topological polar surface area (TPSA) is 158 Å². The van der Waals surface area contributed by atoms with E-state index in [9.17, 15) is 10.2 Å². The van der Waals surface area contributed by atoms with Crippen molar-refractivity contribution < 1.29 is 43.6 Å². The Morgan fingerprint density at radius 2 is 1.37 bits per heavy atom. The van der Waals surface area contributed by atoms with Gasteiger partial charge in [0.05, 0.1) is 44.0 Å². The van der Waals surface area contributed by atoms with Crippen molar-refractivity contribution >= 4 is 29.5 Å². The van der Waals surface area contributed by atoms with Gasteiger partial charge in [-0.05, 0) is 120 Å². The lowest BCUT2D eigenvalue weighted by atomic mass is 9.64. The first-order valence-corrected chi connectivity index (χ1v) is 25.9. The summed E-state index contributed by atoms with van der Waals surface area (Å²) in [7, 11) is 3.13. The van der Waals surface area contributed by atoms with Crippen molar-refractivity contribution in [1.82, 2.24) is 15.1 Å². The highest BCUT2D eigenvalue weighted by atomic mass is 16.6. The number of phenols is 1. The number of amides is 4. The maximum absolute atomic E-state index is 17.0. The van der Waals surface area contributed by atoms with Crippen molar-refractivity contribution in [2.75, 3.05) is 25.7 Å². The van der Waals surface area contributed by atoms with Gasteiger partial charge in [0.15, 0.2) is 11.5 Å². The lowest BCUT2D eigenvalue weighted by Gasteiger charge is -2.46. The zero-order chi connectivity index (χ0) is 52.0. The number of ether oxygens (including phenoxy) is 3. The Kier molecular flexibility index (Phi) is 13.2. The number of carbonyl (C=O) groups is 4. The van der Waals surface area contributed by atoms with E-state index in [2.05, 4.69) is 17.2 Å². The summed E-state index contributed by atoms with van der Waals surface area (Å²) in [4.78, 5) is 69.5. The molecule has 4 heterocycles. The fourth-order valence-electron chi connectivity index (χ4n) is 12.6. The van der Waals surface area contributed by atoms with Crippen LogP contribution < -0.4 is 19.7 Å². The summed E-state index contributed by atoms with van der Waals surface area (Å²) < 4.78 is 18.1. The molecule has 0 radical (unpaired) electrons. The summed E-state index contributed by atoms with van der Waals surface area (Å²) in [6.07, 6.45) is 4.20. The van der Waals surface area contributed by atoms with Crippen LogP contribution in [-0.2, 0) is 37.5 Å². The number of morpholine rings is 1. The Morgan fingerprint density at radius 1 is 0.747 bits per heavy atom. The first kappa shape index (κ1) is 49.3. The molecule has 6 aromatic rings. The number of fused-ring (bicyclic) bond motifs is 4. The zero-order valence-corrected chi connectivity index (χ0v) is 42.3. The summed E-state index contributed by atoms with van der Waals surface area (Å²) in [6.45, 7) is 2.19. The van der Waals surface area contributed by atoms with Crippen molar-refractivity contribution in [2.24, 2.45) is 5.92 Å². The van der Waals surface area contributed by atoms with Gasteiger partial charge in [0.25, 0.3) is 0 Å². The number of esters is 1. The van der Waals surface area contributed by atoms with E-state index in [0.29, 0.717) is 53.0 Å². The van der Waals surface area contributed by atoms with Gasteiger partial charge in [0.1, 0.15) is 28.9 Å². The number of aliphatic hydroxyl groups is 1. The molecule has 3 fully saturated rings. The highest BCUT2D eigenvalue weighted by molar-refractivity contribution is 6.24. The minimum Gasteiger partial charge on any atom is -0.508 e. The van der Waals surface area contributed by atoms with Crippen molar-refractivity contribution in [3.05, 3.63) is 190 Å². The Labute approximate surface area is 437 Å². The number of nitrogens with one attached hydrogen (secondary N) is 1. The van der Waals surface area contributed by atoms with Crippen LogP contribution in [-0.4, -0.2) is 76.2 Å². The quantitative estimate of drug-likeness (QED) is 0.0762. The molecule has 4 amide bonds. The van der Waals surface area contributed by atoms with Gasteiger partial charge in [-0.25, -0.2) is 9.69 Å². The Hall–Kier alpha value is -7.92. The maximum Gasteiger partial charge on any atom is 0.329 e. The van der Waals surface area contributed by atoms with Crippen molar-refractivity contribution in [3.8, 4) is 29.1 Å². The average Bonchev–Trinajstić information content (AvgIpc) is 3.87. The van der Waals surface area contributed by atoms with Crippen LogP contribution >= 0.6 is 0 Å². The van der Waals surface area contributed by atoms with Crippen molar-refractivity contribution in [2.45, 2.75) is 99.7 Å². The van der Waals surface area contributed by atoms with E-state index in [4.69, 9.17) is 14.2 Å². The van der Waals surface area contributed by atoms with E-state index in [1.807, 2.05) is 115 Å². The lowest BCUT2D eigenvalue weighted by molar-refractivity contribution is -0.179. The van der Waals surface area contributed by atoms with E-state index in [0.717, 1.165) is 52.8 Å². The van der Waals surface area contributed by atoms with E-state index in [-0.39, 0.29) is 24.5 Å². The molecule has 5 aliphatic rings. The van der Waals surface area contributed by atoms with Crippen LogP contribution in [0.5, 0.6) is 17.2 Å². The van der Waals surface area contributed by atoms with Crippen LogP contribution in [0.1, 0.15) is 114 Å². The molecule has 7 unspecified atom stereocenters. The first-order chi connectivity index (χ1) is 36.4. The molecule has 3 N–H and O–H groups in total. The average molecular weight is 1010 g/mol. The van der Waals surface area contributed by atoms with Gasteiger partial charge in [0, 0.05) is 18.7 Å². The molecule has 75 heavy (non-hydrogen) atoms. The molecule has 1 aliphatic carbocycles. The predicted octanol–water partition coefficient (Wildman–Crippen LogP) is 9.57. The fourth-order valence-corrected chi connectivity index (χ4v) is 12.6. The van der Waals surface area contributed by atoms with E-state index in [1.54, 1.807) is 49.5 Å². The number of benzene rings is 6. The van der Waals surface area contributed by atoms with Gasteiger partial charge < -0.3 is 34.6 Å². The first-order valence-electron chi connectivity index (χ1n) is 25.9. The predicted molar refractivity (Wildman–Crippen MR) is 282 cm³/mol. The van der Waals surface area contributed by atoms with Crippen LogP contribution in [0, 0.1) is 17.8 Å². The van der Waals surface area contributed by atoms with Crippen LogP contribution in [0.3, 0.4) is 0 Å². The normalized spacial score (nSPS) is 24.1. The number of hydrogen-bond acceptors (Lipinski definition) is 10. The van der Waals surface area contributed by atoms with Crippen LogP contribution in [0.2, 0.25) is 0 Å². The van der Waals surface area contributed by atoms with E-state index >= 15 is 19.2 Å². The van der Waals surface area contributed by atoms with Gasteiger partial charge >= 0.3 is 12.0 Å². The van der Waals surface area contributed by atoms with E-state index < -0.39 is 71.0 Å². The molecule has 0 aromatic heterocycles. The molecule has 6 aromatic carbocycles. The minimum atomic E-state index is -2.05. The SMILES string of the molecule is COc1cc2c(cc1OC)CN(C(=O)C1C3C(=O)OC(c4ccccc4)C(c4ccccc4)N3C(c3ccc(O)cc3)C13C(=O)N(C(=O)NC(C)c1ccccc1)c1ccc(C#CC4(O)CCCCCC4)cc13)CC2. The third-order valence-corrected chi connectivity index (χ3v) is 16.2. The summed E-state index contributed by atoms with van der Waals surface area (Å²) in [6, 6.07) is 39.4. The zero-order valence-electron chi connectivity index (χ0n) is 42.3. The molecule has 1 saturated carbocycles.